The van der Waals surface area contributed by atoms with E-state index in [1.807, 2.05) is 31.2 Å². The highest BCUT2D eigenvalue weighted by Gasteiger charge is 2.33. The number of ether oxygens (including phenoxy) is 2. The van der Waals surface area contributed by atoms with Gasteiger partial charge in [0.05, 0.1) is 13.7 Å². The summed E-state index contributed by atoms with van der Waals surface area (Å²) in [6.07, 6.45) is 2.25. The fourth-order valence-electron chi connectivity index (χ4n) is 3.18. The highest BCUT2D eigenvalue weighted by molar-refractivity contribution is 5.78. The molecule has 0 unspecified atom stereocenters. The van der Waals surface area contributed by atoms with E-state index in [9.17, 15) is 4.79 Å². The monoisotopic (exact) mass is 291 g/mol. The number of likely N-dealkylation sites (tertiary alicyclic amines) is 1. The van der Waals surface area contributed by atoms with E-state index in [2.05, 4.69) is 4.90 Å². The molecule has 4 heteroatoms. The number of nitrogens with zero attached hydrogens (tertiary/aromatic N) is 1. The quantitative estimate of drug-likeness (QED) is 0.782. The van der Waals surface area contributed by atoms with Crippen LogP contribution in [-0.2, 0) is 14.3 Å². The number of esters is 1. The maximum absolute atomic E-state index is 12.3. The molecule has 1 aliphatic rings. The van der Waals surface area contributed by atoms with Crippen molar-refractivity contribution < 1.29 is 14.3 Å². The molecule has 2 rings (SSSR count). The molecule has 1 fully saturated rings. The molecule has 1 aromatic rings. The third kappa shape index (κ3) is 3.83. The lowest BCUT2D eigenvalue weighted by Crippen LogP contribution is -2.43. The van der Waals surface area contributed by atoms with Gasteiger partial charge >= 0.3 is 5.97 Å². The molecule has 0 amide bonds. The summed E-state index contributed by atoms with van der Waals surface area (Å²) in [5.41, 5.74) is 2.17. The number of hydrogen-bond acceptors (Lipinski definition) is 4. The van der Waals surface area contributed by atoms with Crippen molar-refractivity contribution in [2.45, 2.75) is 25.8 Å². The van der Waals surface area contributed by atoms with Gasteiger partial charge in [-0.05, 0) is 43.4 Å². The Bertz CT molecular complexity index is 473. The molecule has 1 aliphatic heterocycles. The first-order chi connectivity index (χ1) is 10.2. The standard InChI is InChI=1S/C17H25NO3/c1-13-7-4-5-9-15(13)16(17(19)21-3)18-10-6-8-14(11-18)12-20-2/h4-5,7,9,14,16H,6,8,10-12H2,1-3H3/t14-,16+/m0/s1. The molecular formula is C17H25NO3. The van der Waals surface area contributed by atoms with Gasteiger partial charge in [-0.25, -0.2) is 4.79 Å². The maximum Gasteiger partial charge on any atom is 0.327 e. The number of carbonyl (C=O) groups is 1. The van der Waals surface area contributed by atoms with E-state index in [0.717, 1.165) is 43.7 Å². The molecule has 1 heterocycles. The van der Waals surface area contributed by atoms with Gasteiger partial charge in [-0.2, -0.15) is 0 Å². The minimum Gasteiger partial charge on any atom is -0.468 e. The van der Waals surface area contributed by atoms with Gasteiger partial charge in [-0.3, -0.25) is 4.90 Å². The molecule has 0 spiro atoms. The van der Waals surface area contributed by atoms with Crippen molar-refractivity contribution in [2.75, 3.05) is 33.9 Å². The molecular weight excluding hydrogens is 266 g/mol. The predicted octanol–water partition coefficient (Wildman–Crippen LogP) is 2.57. The van der Waals surface area contributed by atoms with E-state index in [1.54, 1.807) is 7.11 Å². The molecule has 0 radical (unpaired) electrons. The van der Waals surface area contributed by atoms with Crippen LogP contribution in [0.1, 0.15) is 30.0 Å². The van der Waals surface area contributed by atoms with Gasteiger partial charge in [0.15, 0.2) is 0 Å². The van der Waals surface area contributed by atoms with Crippen molar-refractivity contribution in [1.82, 2.24) is 4.90 Å². The zero-order valence-corrected chi connectivity index (χ0v) is 13.2. The molecule has 1 saturated heterocycles. The zero-order valence-electron chi connectivity index (χ0n) is 13.2. The van der Waals surface area contributed by atoms with Crippen LogP contribution in [0, 0.1) is 12.8 Å². The molecule has 2 atom stereocenters. The number of carbonyl (C=O) groups excluding carboxylic acids is 1. The van der Waals surface area contributed by atoms with Gasteiger partial charge in [0.2, 0.25) is 0 Å². The Morgan fingerprint density at radius 1 is 1.38 bits per heavy atom. The maximum atomic E-state index is 12.3. The van der Waals surface area contributed by atoms with E-state index in [0.29, 0.717) is 5.92 Å². The van der Waals surface area contributed by atoms with Crippen LogP contribution in [0.2, 0.25) is 0 Å². The van der Waals surface area contributed by atoms with Gasteiger partial charge in [0.1, 0.15) is 6.04 Å². The van der Waals surface area contributed by atoms with Gasteiger partial charge in [0.25, 0.3) is 0 Å². The summed E-state index contributed by atoms with van der Waals surface area (Å²) < 4.78 is 10.3. The fourth-order valence-corrected chi connectivity index (χ4v) is 3.18. The predicted molar refractivity (Wildman–Crippen MR) is 82.1 cm³/mol. The van der Waals surface area contributed by atoms with Crippen LogP contribution in [0.5, 0.6) is 0 Å². The summed E-state index contributed by atoms with van der Waals surface area (Å²) in [6.45, 7) is 4.59. The second kappa shape index (κ2) is 7.57. The van der Waals surface area contributed by atoms with E-state index < -0.39 is 0 Å². The van der Waals surface area contributed by atoms with Crippen LogP contribution in [0.25, 0.3) is 0 Å². The van der Waals surface area contributed by atoms with Crippen LogP contribution >= 0.6 is 0 Å². The molecule has 4 nitrogen and oxygen atoms in total. The molecule has 0 bridgehead atoms. The average molecular weight is 291 g/mol. The van der Waals surface area contributed by atoms with E-state index >= 15 is 0 Å². The number of piperidine rings is 1. The summed E-state index contributed by atoms with van der Waals surface area (Å²) in [7, 11) is 3.20. The van der Waals surface area contributed by atoms with Crippen molar-refractivity contribution >= 4 is 5.97 Å². The van der Waals surface area contributed by atoms with Crippen LogP contribution in [0.15, 0.2) is 24.3 Å². The van der Waals surface area contributed by atoms with Crippen molar-refractivity contribution in [3.63, 3.8) is 0 Å². The number of rotatable bonds is 5. The molecule has 0 aliphatic carbocycles. The highest BCUT2D eigenvalue weighted by Crippen LogP contribution is 2.29. The third-order valence-electron chi connectivity index (χ3n) is 4.23. The summed E-state index contributed by atoms with van der Waals surface area (Å²) in [4.78, 5) is 14.6. The Morgan fingerprint density at radius 3 is 2.81 bits per heavy atom. The summed E-state index contributed by atoms with van der Waals surface area (Å²) >= 11 is 0. The third-order valence-corrected chi connectivity index (χ3v) is 4.23. The van der Waals surface area contributed by atoms with Crippen molar-refractivity contribution in [2.24, 2.45) is 5.92 Å². The van der Waals surface area contributed by atoms with Gasteiger partial charge in [0, 0.05) is 13.7 Å². The summed E-state index contributed by atoms with van der Waals surface area (Å²) in [6, 6.07) is 7.74. The van der Waals surface area contributed by atoms with Crippen LogP contribution in [-0.4, -0.2) is 44.8 Å². The van der Waals surface area contributed by atoms with Gasteiger partial charge < -0.3 is 9.47 Å². The fraction of sp³-hybridized carbons (Fsp3) is 0.588. The first-order valence-electron chi connectivity index (χ1n) is 7.53. The summed E-state index contributed by atoms with van der Waals surface area (Å²) in [5, 5.41) is 0. The van der Waals surface area contributed by atoms with Crippen molar-refractivity contribution in [3.05, 3.63) is 35.4 Å². The molecule has 0 aromatic heterocycles. The Labute approximate surface area is 127 Å². The second-order valence-corrected chi connectivity index (χ2v) is 5.74. The lowest BCUT2D eigenvalue weighted by molar-refractivity contribution is -0.148. The van der Waals surface area contributed by atoms with Gasteiger partial charge in [-0.15, -0.1) is 0 Å². The molecule has 1 aromatic carbocycles. The number of aryl methyl sites for hydroxylation is 1. The van der Waals surface area contributed by atoms with E-state index in [1.165, 1.54) is 7.11 Å². The SMILES string of the molecule is COC[C@H]1CCCN([C@@H](C(=O)OC)c2ccccc2C)C1. The minimum atomic E-state index is -0.309. The number of benzene rings is 1. The van der Waals surface area contributed by atoms with Crippen molar-refractivity contribution in [1.29, 1.82) is 0 Å². The minimum absolute atomic E-state index is 0.178. The molecule has 0 N–H and O–H groups in total. The highest BCUT2D eigenvalue weighted by atomic mass is 16.5. The van der Waals surface area contributed by atoms with Crippen LogP contribution in [0.4, 0.5) is 0 Å². The largest absolute Gasteiger partial charge is 0.468 e. The van der Waals surface area contributed by atoms with E-state index in [-0.39, 0.29) is 12.0 Å². The lowest BCUT2D eigenvalue weighted by Gasteiger charge is -2.37. The van der Waals surface area contributed by atoms with Crippen LogP contribution < -0.4 is 0 Å². The molecule has 116 valence electrons. The molecule has 21 heavy (non-hydrogen) atoms. The Kier molecular flexibility index (Phi) is 5.76. The lowest BCUT2D eigenvalue weighted by atomic mass is 9.93. The van der Waals surface area contributed by atoms with E-state index in [4.69, 9.17) is 9.47 Å². The normalized spacial score (nSPS) is 21.0. The Balaban J connectivity index is 2.24. The zero-order chi connectivity index (χ0) is 15.2. The Hall–Kier alpha value is -1.39. The summed E-state index contributed by atoms with van der Waals surface area (Å²) in [5.74, 6) is 0.308. The number of hydrogen-bond donors (Lipinski definition) is 0. The smallest absolute Gasteiger partial charge is 0.327 e. The van der Waals surface area contributed by atoms with Crippen LogP contribution in [0.3, 0.4) is 0 Å². The van der Waals surface area contributed by atoms with Crippen molar-refractivity contribution in [3.8, 4) is 0 Å². The second-order valence-electron chi connectivity index (χ2n) is 5.74. The van der Waals surface area contributed by atoms with Gasteiger partial charge in [-0.1, -0.05) is 24.3 Å². The Morgan fingerprint density at radius 2 is 2.14 bits per heavy atom. The molecule has 0 saturated carbocycles. The number of methoxy groups -OCH3 is 2. The average Bonchev–Trinajstić information content (AvgIpc) is 2.50. The first-order valence-corrected chi connectivity index (χ1v) is 7.53. The first kappa shape index (κ1) is 16.0. The topological polar surface area (TPSA) is 38.8 Å².